The van der Waals surface area contributed by atoms with Crippen LogP contribution in [-0.2, 0) is 11.3 Å². The van der Waals surface area contributed by atoms with Crippen LogP contribution in [0.5, 0.6) is 0 Å². The molecule has 0 aromatic carbocycles. The highest BCUT2D eigenvalue weighted by atomic mass is 16.2. The second kappa shape index (κ2) is 7.08. The standard InChI is InChI=1S/C13H22N4O/c1-11(14)13(18)17(8-7-16(2)3)10-12-5-4-6-15-9-12/h4-6,9,11H,7-8,10,14H2,1-3H3/t11-/m1/s1. The molecule has 1 atom stereocenters. The molecule has 1 rings (SSSR count). The molecular weight excluding hydrogens is 228 g/mol. The molecule has 0 aliphatic heterocycles. The van der Waals surface area contributed by atoms with Crippen molar-refractivity contribution in [2.24, 2.45) is 5.73 Å². The summed E-state index contributed by atoms with van der Waals surface area (Å²) in [5.41, 5.74) is 6.70. The van der Waals surface area contributed by atoms with Gasteiger partial charge in [0.05, 0.1) is 6.04 Å². The van der Waals surface area contributed by atoms with E-state index in [2.05, 4.69) is 4.98 Å². The first kappa shape index (κ1) is 14.6. The van der Waals surface area contributed by atoms with Crippen molar-refractivity contribution in [1.29, 1.82) is 0 Å². The monoisotopic (exact) mass is 250 g/mol. The van der Waals surface area contributed by atoms with Crippen LogP contribution in [0.25, 0.3) is 0 Å². The van der Waals surface area contributed by atoms with Crippen molar-refractivity contribution in [2.45, 2.75) is 19.5 Å². The van der Waals surface area contributed by atoms with Gasteiger partial charge in [0.15, 0.2) is 0 Å². The molecular formula is C13H22N4O. The number of pyridine rings is 1. The Morgan fingerprint density at radius 1 is 1.44 bits per heavy atom. The van der Waals surface area contributed by atoms with Gasteiger partial charge in [-0.25, -0.2) is 0 Å². The van der Waals surface area contributed by atoms with Gasteiger partial charge < -0.3 is 15.5 Å². The molecule has 0 spiro atoms. The number of likely N-dealkylation sites (N-methyl/N-ethyl adjacent to an activating group) is 1. The lowest BCUT2D eigenvalue weighted by Gasteiger charge is -2.26. The Balaban J connectivity index is 2.68. The zero-order valence-corrected chi connectivity index (χ0v) is 11.3. The molecule has 100 valence electrons. The van der Waals surface area contributed by atoms with E-state index in [9.17, 15) is 4.79 Å². The average Bonchev–Trinajstić information content (AvgIpc) is 2.34. The van der Waals surface area contributed by atoms with Crippen molar-refractivity contribution in [3.05, 3.63) is 30.1 Å². The van der Waals surface area contributed by atoms with E-state index in [-0.39, 0.29) is 5.91 Å². The van der Waals surface area contributed by atoms with E-state index in [0.717, 1.165) is 12.1 Å². The van der Waals surface area contributed by atoms with Crippen molar-refractivity contribution in [3.8, 4) is 0 Å². The van der Waals surface area contributed by atoms with Gasteiger partial charge in [0, 0.05) is 32.0 Å². The summed E-state index contributed by atoms with van der Waals surface area (Å²) in [7, 11) is 3.97. The summed E-state index contributed by atoms with van der Waals surface area (Å²) in [6, 6.07) is 3.36. The molecule has 0 saturated carbocycles. The van der Waals surface area contributed by atoms with Crippen LogP contribution < -0.4 is 5.73 Å². The molecule has 0 radical (unpaired) electrons. The van der Waals surface area contributed by atoms with Crippen molar-refractivity contribution in [1.82, 2.24) is 14.8 Å². The summed E-state index contributed by atoms with van der Waals surface area (Å²) in [5, 5.41) is 0. The Bertz CT molecular complexity index is 365. The Morgan fingerprint density at radius 2 is 2.17 bits per heavy atom. The normalized spacial score (nSPS) is 12.5. The summed E-state index contributed by atoms with van der Waals surface area (Å²) in [6.07, 6.45) is 3.50. The van der Waals surface area contributed by atoms with E-state index in [0.29, 0.717) is 13.1 Å². The summed E-state index contributed by atoms with van der Waals surface area (Å²) in [6.45, 7) is 3.76. The van der Waals surface area contributed by atoms with Gasteiger partial charge in [-0.15, -0.1) is 0 Å². The summed E-state index contributed by atoms with van der Waals surface area (Å²) >= 11 is 0. The maximum Gasteiger partial charge on any atom is 0.239 e. The minimum atomic E-state index is -0.469. The molecule has 0 aliphatic carbocycles. The average molecular weight is 250 g/mol. The smallest absolute Gasteiger partial charge is 0.239 e. The lowest BCUT2D eigenvalue weighted by molar-refractivity contribution is -0.133. The molecule has 5 heteroatoms. The number of hydrogen-bond acceptors (Lipinski definition) is 4. The Morgan fingerprint density at radius 3 is 2.67 bits per heavy atom. The van der Waals surface area contributed by atoms with Crippen LogP contribution in [-0.4, -0.2) is 53.9 Å². The molecule has 1 heterocycles. The Labute approximate surface area is 109 Å². The molecule has 1 amide bonds. The maximum atomic E-state index is 12.0. The summed E-state index contributed by atoms with van der Waals surface area (Å²) in [4.78, 5) is 19.9. The number of nitrogens with zero attached hydrogens (tertiary/aromatic N) is 3. The largest absolute Gasteiger partial charge is 0.336 e. The van der Waals surface area contributed by atoms with Crippen molar-refractivity contribution >= 4 is 5.91 Å². The highest BCUT2D eigenvalue weighted by Crippen LogP contribution is 2.04. The molecule has 0 aliphatic rings. The fourth-order valence-corrected chi connectivity index (χ4v) is 1.59. The van der Waals surface area contributed by atoms with E-state index >= 15 is 0 Å². The first-order valence-electron chi connectivity index (χ1n) is 6.08. The van der Waals surface area contributed by atoms with Gasteiger partial charge in [0.25, 0.3) is 0 Å². The van der Waals surface area contributed by atoms with Crippen molar-refractivity contribution < 1.29 is 4.79 Å². The van der Waals surface area contributed by atoms with Crippen LogP contribution in [0.1, 0.15) is 12.5 Å². The second-order valence-electron chi connectivity index (χ2n) is 4.71. The predicted octanol–water partition coefficient (Wildman–Crippen LogP) is 0.319. The van der Waals surface area contributed by atoms with Gasteiger partial charge in [-0.3, -0.25) is 9.78 Å². The third kappa shape index (κ3) is 4.81. The number of hydrogen-bond donors (Lipinski definition) is 1. The first-order chi connectivity index (χ1) is 8.50. The molecule has 0 bridgehead atoms. The van der Waals surface area contributed by atoms with Gasteiger partial charge in [0.1, 0.15) is 0 Å². The van der Waals surface area contributed by atoms with Gasteiger partial charge >= 0.3 is 0 Å². The minimum Gasteiger partial charge on any atom is -0.336 e. The lowest BCUT2D eigenvalue weighted by atomic mass is 10.2. The van der Waals surface area contributed by atoms with Crippen molar-refractivity contribution in [3.63, 3.8) is 0 Å². The Kier molecular flexibility index (Phi) is 5.74. The third-order valence-electron chi connectivity index (χ3n) is 2.61. The van der Waals surface area contributed by atoms with E-state index < -0.39 is 6.04 Å². The molecule has 18 heavy (non-hydrogen) atoms. The van der Waals surface area contributed by atoms with Crippen LogP contribution in [0, 0.1) is 0 Å². The quantitative estimate of drug-likeness (QED) is 0.790. The highest BCUT2D eigenvalue weighted by molar-refractivity contribution is 5.81. The number of aromatic nitrogens is 1. The highest BCUT2D eigenvalue weighted by Gasteiger charge is 2.17. The Hall–Kier alpha value is -1.46. The number of nitrogens with two attached hydrogens (primary N) is 1. The van der Waals surface area contributed by atoms with E-state index in [1.807, 2.05) is 31.1 Å². The topological polar surface area (TPSA) is 62.5 Å². The first-order valence-corrected chi connectivity index (χ1v) is 6.08. The van der Waals surface area contributed by atoms with Crippen LogP contribution in [0.3, 0.4) is 0 Å². The zero-order chi connectivity index (χ0) is 13.5. The number of amides is 1. The summed E-state index contributed by atoms with van der Waals surface area (Å²) < 4.78 is 0. The third-order valence-corrected chi connectivity index (χ3v) is 2.61. The zero-order valence-electron chi connectivity index (χ0n) is 11.3. The molecule has 2 N–H and O–H groups in total. The SMILES string of the molecule is C[C@@H](N)C(=O)N(CCN(C)C)Cc1cccnc1. The molecule has 1 aromatic heterocycles. The number of carbonyl (C=O) groups excluding carboxylic acids is 1. The van der Waals surface area contributed by atoms with Gasteiger partial charge in [0.2, 0.25) is 5.91 Å². The van der Waals surface area contributed by atoms with Crippen LogP contribution in [0.2, 0.25) is 0 Å². The van der Waals surface area contributed by atoms with Crippen LogP contribution in [0.15, 0.2) is 24.5 Å². The van der Waals surface area contributed by atoms with Crippen molar-refractivity contribution in [2.75, 3.05) is 27.2 Å². The molecule has 0 unspecified atom stereocenters. The number of carbonyl (C=O) groups is 1. The molecule has 0 saturated heterocycles. The van der Waals surface area contributed by atoms with E-state index in [4.69, 9.17) is 5.73 Å². The predicted molar refractivity (Wildman–Crippen MR) is 71.9 cm³/mol. The number of rotatable bonds is 6. The molecule has 1 aromatic rings. The summed E-state index contributed by atoms with van der Waals surface area (Å²) in [5.74, 6) is -0.0271. The van der Waals surface area contributed by atoms with Gasteiger partial charge in [-0.1, -0.05) is 6.07 Å². The fourth-order valence-electron chi connectivity index (χ4n) is 1.59. The van der Waals surface area contributed by atoms with Gasteiger partial charge in [-0.2, -0.15) is 0 Å². The van der Waals surface area contributed by atoms with Crippen LogP contribution >= 0.6 is 0 Å². The van der Waals surface area contributed by atoms with E-state index in [1.165, 1.54) is 0 Å². The molecule has 5 nitrogen and oxygen atoms in total. The fraction of sp³-hybridized carbons (Fsp3) is 0.538. The van der Waals surface area contributed by atoms with E-state index in [1.54, 1.807) is 24.2 Å². The van der Waals surface area contributed by atoms with Crippen LogP contribution in [0.4, 0.5) is 0 Å². The minimum absolute atomic E-state index is 0.0271. The lowest BCUT2D eigenvalue weighted by Crippen LogP contribution is -2.44. The molecule has 0 fully saturated rings. The second-order valence-corrected chi connectivity index (χ2v) is 4.71. The maximum absolute atomic E-state index is 12.0. The van der Waals surface area contributed by atoms with Gasteiger partial charge in [-0.05, 0) is 32.6 Å².